The van der Waals surface area contributed by atoms with Crippen molar-refractivity contribution in [1.29, 1.82) is 0 Å². The smallest absolute Gasteiger partial charge is 0.178 e. The maximum atomic E-state index is 6.99. The highest BCUT2D eigenvalue weighted by molar-refractivity contribution is 5.92. The zero-order valence-corrected chi connectivity index (χ0v) is 33.9. The van der Waals surface area contributed by atoms with Crippen molar-refractivity contribution >= 4 is 0 Å². The second kappa shape index (κ2) is 14.9. The first-order valence-corrected chi connectivity index (χ1v) is 21.0. The lowest BCUT2D eigenvalue weighted by Crippen LogP contribution is -2.28. The summed E-state index contributed by atoms with van der Waals surface area (Å²) in [5, 5.41) is 0. The molecule has 63 heavy (non-hydrogen) atoms. The summed E-state index contributed by atoms with van der Waals surface area (Å²) >= 11 is 0. The number of para-hydroxylation sites is 1. The van der Waals surface area contributed by atoms with Crippen LogP contribution in [0, 0.1) is 0 Å². The summed E-state index contributed by atoms with van der Waals surface area (Å²) in [4.78, 5) is 19.6. The summed E-state index contributed by atoms with van der Waals surface area (Å²) in [5.41, 5.74) is 12.8. The fourth-order valence-corrected chi connectivity index (χ4v) is 9.31. The van der Waals surface area contributed by atoms with E-state index in [-0.39, 0.29) is 0 Å². The molecule has 12 rings (SSSR count). The summed E-state index contributed by atoms with van der Waals surface area (Å²) in [6.45, 7) is 0. The van der Waals surface area contributed by atoms with Crippen molar-refractivity contribution in [2.75, 3.05) is 0 Å². The molecule has 0 spiro atoms. The normalized spacial score (nSPS) is 12.8. The molecule has 3 heterocycles. The van der Waals surface area contributed by atoms with Gasteiger partial charge in [-0.3, -0.25) is 4.98 Å². The van der Waals surface area contributed by atoms with Crippen molar-refractivity contribution in [2.24, 2.45) is 0 Å². The van der Waals surface area contributed by atoms with E-state index in [1.54, 1.807) is 6.20 Å². The number of hydrogen-bond donors (Lipinski definition) is 0. The quantitative estimate of drug-likeness (QED) is 0.160. The van der Waals surface area contributed by atoms with Gasteiger partial charge >= 0.3 is 0 Å². The molecule has 6 heteroatoms. The standard InChI is InChI=1S/C57H36N4O2/c1-4-16-38(17-5-1)54-59-55(61-56(60-54)41-19-14-18-40(36-41)48-27-12-13-35-58-48)39-31-29-37(30-32-39)44-25-15-28-49-52(44)62-50-34-33-47-51(53(50)63-49)45-24-10-11-26-46(45)57(47,42-20-6-2-7-21-42)43-22-8-3-9-23-43/h1-36H. The average molecular weight is 809 g/mol. The van der Waals surface area contributed by atoms with Gasteiger partial charge in [-0.25, -0.2) is 15.0 Å². The molecule has 1 aliphatic heterocycles. The number of pyridine rings is 1. The summed E-state index contributed by atoms with van der Waals surface area (Å²) in [6.07, 6.45) is 1.80. The minimum absolute atomic E-state index is 0.540. The molecule has 2 aromatic heterocycles. The Morgan fingerprint density at radius 2 is 0.889 bits per heavy atom. The first-order valence-electron chi connectivity index (χ1n) is 21.0. The lowest BCUT2D eigenvalue weighted by molar-refractivity contribution is 0.361. The topological polar surface area (TPSA) is 70.0 Å². The van der Waals surface area contributed by atoms with E-state index in [4.69, 9.17) is 24.4 Å². The van der Waals surface area contributed by atoms with Crippen LogP contribution in [-0.4, -0.2) is 19.9 Å². The van der Waals surface area contributed by atoms with Crippen LogP contribution in [0.1, 0.15) is 22.3 Å². The Hall–Kier alpha value is -8.48. The predicted molar refractivity (Wildman–Crippen MR) is 249 cm³/mol. The van der Waals surface area contributed by atoms with Gasteiger partial charge in [-0.2, -0.15) is 0 Å². The second-order valence-electron chi connectivity index (χ2n) is 15.7. The molecule has 0 saturated carbocycles. The van der Waals surface area contributed by atoms with Gasteiger partial charge in [0.05, 0.1) is 11.1 Å². The molecule has 0 fully saturated rings. The molecular formula is C57H36N4O2. The fourth-order valence-electron chi connectivity index (χ4n) is 9.31. The molecule has 0 unspecified atom stereocenters. The fraction of sp³-hybridized carbons (Fsp3) is 0.0175. The Bertz CT molecular complexity index is 3280. The van der Waals surface area contributed by atoms with Crippen LogP contribution >= 0.6 is 0 Å². The van der Waals surface area contributed by atoms with Crippen LogP contribution in [0.5, 0.6) is 23.0 Å². The summed E-state index contributed by atoms with van der Waals surface area (Å²) in [6, 6.07) is 73.0. The van der Waals surface area contributed by atoms with E-state index in [1.165, 1.54) is 16.7 Å². The molecule has 296 valence electrons. The number of hydrogen-bond acceptors (Lipinski definition) is 6. The molecule has 0 amide bonds. The van der Waals surface area contributed by atoms with Crippen molar-refractivity contribution in [1.82, 2.24) is 19.9 Å². The zero-order chi connectivity index (χ0) is 41.7. The molecule has 0 N–H and O–H groups in total. The van der Waals surface area contributed by atoms with E-state index in [0.29, 0.717) is 34.7 Å². The average Bonchev–Trinajstić information content (AvgIpc) is 3.68. The Morgan fingerprint density at radius 3 is 1.60 bits per heavy atom. The van der Waals surface area contributed by atoms with Crippen molar-refractivity contribution in [3.8, 4) is 90.7 Å². The van der Waals surface area contributed by atoms with Gasteiger partial charge in [0.1, 0.15) is 0 Å². The van der Waals surface area contributed by atoms with Crippen molar-refractivity contribution < 1.29 is 9.47 Å². The third-order valence-electron chi connectivity index (χ3n) is 12.1. The first kappa shape index (κ1) is 36.4. The van der Waals surface area contributed by atoms with Crippen LogP contribution in [-0.2, 0) is 5.41 Å². The highest BCUT2D eigenvalue weighted by Gasteiger charge is 2.48. The van der Waals surface area contributed by atoms with Gasteiger partial charge < -0.3 is 9.47 Å². The molecule has 8 aromatic carbocycles. The van der Waals surface area contributed by atoms with Gasteiger partial charge in [0.15, 0.2) is 40.5 Å². The molecule has 0 atom stereocenters. The van der Waals surface area contributed by atoms with Gasteiger partial charge in [-0.05, 0) is 63.7 Å². The number of ether oxygens (including phenoxy) is 2. The molecule has 10 aromatic rings. The van der Waals surface area contributed by atoms with Crippen LogP contribution in [0.2, 0.25) is 0 Å². The van der Waals surface area contributed by atoms with Gasteiger partial charge in [-0.1, -0.05) is 182 Å². The van der Waals surface area contributed by atoms with Crippen molar-refractivity contribution in [3.63, 3.8) is 0 Å². The van der Waals surface area contributed by atoms with Crippen LogP contribution in [0.4, 0.5) is 0 Å². The highest BCUT2D eigenvalue weighted by atomic mass is 16.6. The van der Waals surface area contributed by atoms with Gasteiger partial charge in [0.2, 0.25) is 0 Å². The highest BCUT2D eigenvalue weighted by Crippen LogP contribution is 2.62. The van der Waals surface area contributed by atoms with E-state index >= 15 is 0 Å². The first-order chi connectivity index (χ1) is 31.2. The number of rotatable bonds is 7. The van der Waals surface area contributed by atoms with Crippen LogP contribution in [0.15, 0.2) is 219 Å². The van der Waals surface area contributed by atoms with E-state index in [0.717, 1.165) is 61.5 Å². The molecule has 0 bridgehead atoms. The molecule has 2 aliphatic rings. The molecule has 0 radical (unpaired) electrons. The van der Waals surface area contributed by atoms with Crippen LogP contribution in [0.25, 0.3) is 67.7 Å². The van der Waals surface area contributed by atoms with E-state index in [1.807, 2.05) is 78.9 Å². The maximum absolute atomic E-state index is 6.99. The lowest BCUT2D eigenvalue weighted by atomic mass is 9.68. The molecular weight excluding hydrogens is 773 g/mol. The minimum Gasteiger partial charge on any atom is -0.449 e. The predicted octanol–water partition coefficient (Wildman–Crippen LogP) is 13.9. The van der Waals surface area contributed by atoms with Crippen LogP contribution in [0.3, 0.4) is 0 Å². The third-order valence-corrected chi connectivity index (χ3v) is 12.1. The van der Waals surface area contributed by atoms with E-state index in [2.05, 4.69) is 138 Å². The Morgan fingerprint density at radius 1 is 0.349 bits per heavy atom. The van der Waals surface area contributed by atoms with Gasteiger partial charge in [0.25, 0.3) is 0 Å². The maximum Gasteiger partial charge on any atom is 0.178 e. The molecule has 6 nitrogen and oxygen atoms in total. The Kier molecular flexibility index (Phi) is 8.61. The van der Waals surface area contributed by atoms with E-state index < -0.39 is 5.41 Å². The second-order valence-corrected chi connectivity index (χ2v) is 15.7. The largest absolute Gasteiger partial charge is 0.449 e. The number of aromatic nitrogens is 4. The van der Waals surface area contributed by atoms with Crippen molar-refractivity contribution in [3.05, 3.63) is 241 Å². The zero-order valence-electron chi connectivity index (χ0n) is 33.9. The number of fused-ring (bicyclic) bond motifs is 6. The summed E-state index contributed by atoms with van der Waals surface area (Å²) in [7, 11) is 0. The molecule has 0 saturated heterocycles. The summed E-state index contributed by atoms with van der Waals surface area (Å²) in [5.74, 6) is 4.49. The lowest BCUT2D eigenvalue weighted by Gasteiger charge is -2.34. The van der Waals surface area contributed by atoms with E-state index in [9.17, 15) is 0 Å². The molecule has 1 aliphatic carbocycles. The Labute approximate surface area is 364 Å². The van der Waals surface area contributed by atoms with Gasteiger partial charge in [-0.15, -0.1) is 0 Å². The Balaban J connectivity index is 0.922. The van der Waals surface area contributed by atoms with Crippen LogP contribution < -0.4 is 9.47 Å². The van der Waals surface area contributed by atoms with Gasteiger partial charge in [0, 0.05) is 39.6 Å². The minimum atomic E-state index is -0.540. The SMILES string of the molecule is c1ccc(-c2nc(-c3ccc(-c4cccc5c4Oc4ccc6c(c4O5)-c4ccccc4C6(c4ccccc4)c4ccccc4)cc3)nc(-c3cccc(-c4ccccn4)c3)n2)cc1. The van der Waals surface area contributed by atoms with Crippen molar-refractivity contribution in [2.45, 2.75) is 5.41 Å². The summed E-state index contributed by atoms with van der Waals surface area (Å²) < 4.78 is 13.9. The third kappa shape index (κ3) is 6.03. The number of nitrogens with zero attached hydrogens (tertiary/aromatic N) is 4. The number of benzene rings is 8. The monoisotopic (exact) mass is 808 g/mol.